The first kappa shape index (κ1) is 12.5. The Hall–Kier alpha value is -0.520. The Morgan fingerprint density at radius 1 is 1.47 bits per heavy atom. The first-order valence-electron chi connectivity index (χ1n) is 4.47. The highest BCUT2D eigenvalue weighted by Gasteiger charge is 1.95. The van der Waals surface area contributed by atoms with Crippen LogP contribution in [0, 0.1) is 0 Å². The van der Waals surface area contributed by atoms with Gasteiger partial charge in [0, 0.05) is 28.6 Å². The van der Waals surface area contributed by atoms with E-state index >= 15 is 0 Å². The van der Waals surface area contributed by atoms with Crippen molar-refractivity contribution in [3.8, 4) is 0 Å². The van der Waals surface area contributed by atoms with Crippen molar-refractivity contribution in [2.75, 3.05) is 12.3 Å². The number of carbonyl (C=O) groups is 1. The fraction of sp³-hybridized carbons (Fsp3) is 0.300. The zero-order chi connectivity index (χ0) is 11.1. The third-order valence-electron chi connectivity index (χ3n) is 1.50. The van der Waals surface area contributed by atoms with Crippen LogP contribution in [0.15, 0.2) is 33.6 Å². The maximum atomic E-state index is 10.4. The molecule has 0 heterocycles. The molecule has 0 amide bonds. The summed E-state index contributed by atoms with van der Waals surface area (Å²) in [5.41, 5.74) is 2.59. The lowest BCUT2D eigenvalue weighted by atomic mass is 10.4. The molecule has 0 aromatic heterocycles. The Labute approximate surface area is 102 Å². The van der Waals surface area contributed by atoms with E-state index in [1.54, 1.807) is 11.8 Å². The van der Waals surface area contributed by atoms with Gasteiger partial charge in [-0.25, -0.2) is 0 Å². The summed E-state index contributed by atoms with van der Waals surface area (Å²) in [6, 6.07) is 8.09. The molecule has 0 atom stereocenters. The molecule has 0 unspecified atom stereocenters. The van der Waals surface area contributed by atoms with Gasteiger partial charge < -0.3 is 4.84 Å². The van der Waals surface area contributed by atoms with Gasteiger partial charge in [0.05, 0.1) is 0 Å². The van der Waals surface area contributed by atoms with Crippen molar-refractivity contribution in [3.05, 3.63) is 28.7 Å². The van der Waals surface area contributed by atoms with E-state index in [1.807, 2.05) is 24.3 Å². The van der Waals surface area contributed by atoms with Crippen molar-refractivity contribution in [3.63, 3.8) is 0 Å². The third kappa shape index (κ3) is 5.81. The number of nitrogens with one attached hydrogen (secondary N) is 1. The first-order chi connectivity index (χ1) is 7.18. The van der Waals surface area contributed by atoms with Crippen LogP contribution in [0.5, 0.6) is 0 Å². The molecule has 0 fully saturated rings. The highest BCUT2D eigenvalue weighted by molar-refractivity contribution is 9.10. The third-order valence-corrected chi connectivity index (χ3v) is 3.04. The van der Waals surface area contributed by atoms with E-state index in [0.717, 1.165) is 10.2 Å². The van der Waals surface area contributed by atoms with Crippen LogP contribution in [0.2, 0.25) is 0 Å². The molecule has 0 aliphatic carbocycles. The summed E-state index contributed by atoms with van der Waals surface area (Å²) >= 11 is 5.08. The van der Waals surface area contributed by atoms with Crippen LogP contribution < -0.4 is 5.48 Å². The van der Waals surface area contributed by atoms with Crippen LogP contribution in [-0.4, -0.2) is 18.3 Å². The molecule has 1 aromatic rings. The maximum absolute atomic E-state index is 10.4. The number of hydroxylamine groups is 1. The molecule has 0 saturated carbocycles. The Kier molecular flexibility index (Phi) is 5.75. The molecule has 0 bridgehead atoms. The van der Waals surface area contributed by atoms with E-state index in [2.05, 4.69) is 26.2 Å². The molecule has 0 saturated heterocycles. The molecular formula is C10H12BrNO2S. The largest absolute Gasteiger partial charge is 0.371 e. The normalized spacial score (nSPS) is 10.0. The summed E-state index contributed by atoms with van der Waals surface area (Å²) in [5, 5.41) is 0. The Bertz CT molecular complexity index is 316. The average Bonchev–Trinajstić information content (AvgIpc) is 2.20. The summed E-state index contributed by atoms with van der Waals surface area (Å²) in [7, 11) is 0. The van der Waals surface area contributed by atoms with Crippen LogP contribution in [0.1, 0.15) is 6.92 Å². The van der Waals surface area contributed by atoms with E-state index in [4.69, 9.17) is 0 Å². The quantitative estimate of drug-likeness (QED) is 0.514. The van der Waals surface area contributed by atoms with E-state index < -0.39 is 0 Å². The molecule has 0 radical (unpaired) electrons. The fourth-order valence-corrected chi connectivity index (χ4v) is 1.91. The molecule has 0 spiro atoms. The van der Waals surface area contributed by atoms with Gasteiger partial charge in [0.2, 0.25) is 0 Å². The number of carbonyl (C=O) groups excluding carboxylic acids is 1. The van der Waals surface area contributed by atoms with Crippen LogP contribution >= 0.6 is 27.7 Å². The highest BCUT2D eigenvalue weighted by atomic mass is 79.9. The van der Waals surface area contributed by atoms with Crippen LogP contribution in [0.25, 0.3) is 0 Å². The molecule has 82 valence electrons. The minimum Gasteiger partial charge on any atom is -0.371 e. The number of halogens is 1. The standard InChI is InChI=1S/C10H12BrNO2S/c1-8(13)14-12-6-7-15-10-4-2-9(11)3-5-10/h2-5,12H,6-7H2,1H3. The van der Waals surface area contributed by atoms with Gasteiger partial charge in [0.1, 0.15) is 0 Å². The second-order valence-corrected chi connectivity index (χ2v) is 4.87. The lowest BCUT2D eigenvalue weighted by Gasteiger charge is -2.03. The van der Waals surface area contributed by atoms with Crippen molar-refractivity contribution in [1.82, 2.24) is 5.48 Å². The van der Waals surface area contributed by atoms with Gasteiger partial charge >= 0.3 is 5.97 Å². The lowest BCUT2D eigenvalue weighted by Crippen LogP contribution is -2.20. The second-order valence-electron chi connectivity index (χ2n) is 2.79. The lowest BCUT2D eigenvalue weighted by molar-refractivity contribution is -0.148. The van der Waals surface area contributed by atoms with Crippen molar-refractivity contribution in [2.24, 2.45) is 0 Å². The van der Waals surface area contributed by atoms with E-state index in [1.165, 1.54) is 11.8 Å². The second kappa shape index (κ2) is 6.87. The number of hydrogen-bond acceptors (Lipinski definition) is 4. The number of benzene rings is 1. The highest BCUT2D eigenvalue weighted by Crippen LogP contribution is 2.19. The Balaban J connectivity index is 2.15. The van der Waals surface area contributed by atoms with Gasteiger partial charge in [-0.1, -0.05) is 15.9 Å². The maximum Gasteiger partial charge on any atom is 0.321 e. The summed E-state index contributed by atoms with van der Waals surface area (Å²) in [5.74, 6) is 0.540. The van der Waals surface area contributed by atoms with Gasteiger partial charge in [-0.15, -0.1) is 11.8 Å². The molecule has 1 aromatic carbocycles. The number of rotatable bonds is 5. The first-order valence-corrected chi connectivity index (χ1v) is 6.25. The molecule has 1 rings (SSSR count). The van der Waals surface area contributed by atoms with Crippen molar-refractivity contribution in [1.29, 1.82) is 0 Å². The topological polar surface area (TPSA) is 38.3 Å². The van der Waals surface area contributed by atoms with Crippen molar-refractivity contribution in [2.45, 2.75) is 11.8 Å². The van der Waals surface area contributed by atoms with E-state index in [-0.39, 0.29) is 5.97 Å². The predicted octanol–water partition coefficient (Wildman–Crippen LogP) is 2.61. The number of hydrogen-bond donors (Lipinski definition) is 1. The van der Waals surface area contributed by atoms with Gasteiger partial charge in [0.15, 0.2) is 0 Å². The van der Waals surface area contributed by atoms with Crippen LogP contribution in [-0.2, 0) is 9.63 Å². The van der Waals surface area contributed by atoms with Crippen molar-refractivity contribution < 1.29 is 9.63 Å². The molecule has 3 nitrogen and oxygen atoms in total. The average molecular weight is 290 g/mol. The Morgan fingerprint density at radius 3 is 2.73 bits per heavy atom. The Morgan fingerprint density at radius 2 is 2.13 bits per heavy atom. The summed E-state index contributed by atoms with van der Waals surface area (Å²) < 4.78 is 1.07. The van der Waals surface area contributed by atoms with Crippen LogP contribution in [0.3, 0.4) is 0 Å². The minimum absolute atomic E-state index is 0.316. The van der Waals surface area contributed by atoms with Crippen molar-refractivity contribution >= 4 is 33.7 Å². The SMILES string of the molecule is CC(=O)ONCCSc1ccc(Br)cc1. The van der Waals surface area contributed by atoms with Crippen LogP contribution in [0.4, 0.5) is 0 Å². The monoisotopic (exact) mass is 289 g/mol. The molecular weight excluding hydrogens is 278 g/mol. The fourth-order valence-electron chi connectivity index (χ4n) is 0.894. The molecule has 0 aliphatic rings. The predicted molar refractivity (Wildman–Crippen MR) is 64.6 cm³/mol. The molecule has 5 heteroatoms. The van der Waals surface area contributed by atoms with Gasteiger partial charge in [-0.05, 0) is 24.3 Å². The molecule has 0 aliphatic heterocycles. The summed E-state index contributed by atoms with van der Waals surface area (Å²) in [6.45, 7) is 2.01. The molecule has 15 heavy (non-hydrogen) atoms. The molecule has 1 N–H and O–H groups in total. The minimum atomic E-state index is -0.316. The zero-order valence-electron chi connectivity index (χ0n) is 8.33. The van der Waals surface area contributed by atoms with Gasteiger partial charge in [-0.2, -0.15) is 5.48 Å². The zero-order valence-corrected chi connectivity index (χ0v) is 10.7. The van der Waals surface area contributed by atoms with E-state index in [9.17, 15) is 4.79 Å². The van der Waals surface area contributed by atoms with E-state index in [0.29, 0.717) is 6.54 Å². The van der Waals surface area contributed by atoms with Gasteiger partial charge in [-0.3, -0.25) is 4.79 Å². The smallest absolute Gasteiger partial charge is 0.321 e. The number of thioether (sulfide) groups is 1. The summed E-state index contributed by atoms with van der Waals surface area (Å²) in [6.07, 6.45) is 0. The summed E-state index contributed by atoms with van der Waals surface area (Å²) in [4.78, 5) is 16.2. The van der Waals surface area contributed by atoms with Gasteiger partial charge in [0.25, 0.3) is 0 Å².